The molecule has 2 nitrogen and oxygen atoms in total. The van der Waals surface area contributed by atoms with Gasteiger partial charge in [0.05, 0.1) is 10.4 Å². The summed E-state index contributed by atoms with van der Waals surface area (Å²) in [6, 6.07) is 9.14. The minimum Gasteiger partial charge on any atom is -0.335 e. The molecule has 3 rings (SSSR count). The minimum atomic E-state index is 0.272. The van der Waals surface area contributed by atoms with Crippen molar-refractivity contribution in [2.24, 2.45) is 0 Å². The van der Waals surface area contributed by atoms with Gasteiger partial charge >= 0.3 is 0 Å². The van der Waals surface area contributed by atoms with Gasteiger partial charge < -0.3 is 4.57 Å². The van der Waals surface area contributed by atoms with Crippen molar-refractivity contribution < 1.29 is 0 Å². The maximum absolute atomic E-state index is 4.17. The summed E-state index contributed by atoms with van der Waals surface area (Å²) in [5.74, 6) is 2.51. The highest BCUT2D eigenvalue weighted by molar-refractivity contribution is 8.21. The number of hydrogen-bond acceptors (Lipinski definition) is 3. The molecule has 0 amide bonds. The summed E-state index contributed by atoms with van der Waals surface area (Å²) < 4.78 is 2.49. The van der Waals surface area contributed by atoms with Crippen LogP contribution >= 0.6 is 23.5 Å². The zero-order valence-corrected chi connectivity index (χ0v) is 13.4. The van der Waals surface area contributed by atoms with E-state index >= 15 is 0 Å². The molecule has 0 aliphatic carbocycles. The van der Waals surface area contributed by atoms with Gasteiger partial charge in [0, 0.05) is 30.4 Å². The SMILES string of the molecule is CCc1ccc(CC2(Cn3ccnc3)SCCS2)cc1. The fourth-order valence-corrected chi connectivity index (χ4v) is 5.87. The highest BCUT2D eigenvalue weighted by atomic mass is 32.2. The van der Waals surface area contributed by atoms with Gasteiger partial charge in [0.2, 0.25) is 0 Å². The van der Waals surface area contributed by atoms with Crippen LogP contribution in [0.3, 0.4) is 0 Å². The Bertz CT molecular complexity index is 528. The predicted octanol–water partition coefficient (Wildman–Crippen LogP) is 3.86. The molecule has 1 aliphatic heterocycles. The van der Waals surface area contributed by atoms with E-state index in [1.807, 2.05) is 12.5 Å². The van der Waals surface area contributed by atoms with Gasteiger partial charge in [-0.2, -0.15) is 0 Å². The van der Waals surface area contributed by atoms with Crippen molar-refractivity contribution >= 4 is 23.5 Å². The standard InChI is InChI=1S/C16H20N2S2/c1-2-14-3-5-15(6-4-14)11-16(19-9-10-20-16)12-18-8-7-17-13-18/h3-8,13H,2,9-12H2,1H3. The summed E-state index contributed by atoms with van der Waals surface area (Å²) in [6.07, 6.45) is 8.12. The van der Waals surface area contributed by atoms with Crippen LogP contribution in [0.5, 0.6) is 0 Å². The number of aryl methyl sites for hydroxylation is 1. The van der Waals surface area contributed by atoms with E-state index < -0.39 is 0 Å². The van der Waals surface area contributed by atoms with Gasteiger partial charge in [0.15, 0.2) is 0 Å². The van der Waals surface area contributed by atoms with E-state index in [2.05, 4.69) is 70.5 Å². The number of benzene rings is 1. The maximum Gasteiger partial charge on any atom is 0.0946 e. The van der Waals surface area contributed by atoms with Crippen LogP contribution in [0.4, 0.5) is 0 Å². The van der Waals surface area contributed by atoms with Crippen LogP contribution in [-0.4, -0.2) is 25.1 Å². The Kier molecular flexibility index (Phi) is 4.41. The van der Waals surface area contributed by atoms with Crippen molar-refractivity contribution in [2.75, 3.05) is 11.5 Å². The van der Waals surface area contributed by atoms with E-state index in [4.69, 9.17) is 0 Å². The van der Waals surface area contributed by atoms with Crippen LogP contribution in [0.1, 0.15) is 18.1 Å². The first kappa shape index (κ1) is 14.1. The average molecular weight is 304 g/mol. The summed E-state index contributed by atoms with van der Waals surface area (Å²) >= 11 is 4.21. The predicted molar refractivity (Wildman–Crippen MR) is 89.4 cm³/mol. The lowest BCUT2D eigenvalue weighted by atomic mass is 10.1. The van der Waals surface area contributed by atoms with Gasteiger partial charge in [-0.15, -0.1) is 23.5 Å². The van der Waals surface area contributed by atoms with Crippen molar-refractivity contribution in [2.45, 2.75) is 30.4 Å². The van der Waals surface area contributed by atoms with Crippen molar-refractivity contribution in [3.05, 3.63) is 54.1 Å². The zero-order valence-electron chi connectivity index (χ0n) is 11.8. The first-order valence-corrected chi connectivity index (χ1v) is 9.08. The topological polar surface area (TPSA) is 17.8 Å². The molecule has 0 radical (unpaired) electrons. The lowest BCUT2D eigenvalue weighted by Crippen LogP contribution is -2.27. The van der Waals surface area contributed by atoms with E-state index in [-0.39, 0.29) is 4.08 Å². The maximum atomic E-state index is 4.17. The summed E-state index contributed by atoms with van der Waals surface area (Å²) in [7, 11) is 0. The second kappa shape index (κ2) is 6.27. The number of nitrogens with zero attached hydrogens (tertiary/aromatic N) is 2. The summed E-state index contributed by atoms with van der Waals surface area (Å²) in [6.45, 7) is 3.25. The molecule has 1 aliphatic rings. The highest BCUT2D eigenvalue weighted by Crippen LogP contribution is 2.47. The van der Waals surface area contributed by atoms with E-state index in [0.29, 0.717) is 0 Å². The van der Waals surface area contributed by atoms with Crippen molar-refractivity contribution in [3.63, 3.8) is 0 Å². The van der Waals surface area contributed by atoms with Crippen LogP contribution in [0.25, 0.3) is 0 Å². The summed E-state index contributed by atoms with van der Waals surface area (Å²) in [5, 5.41) is 0. The third kappa shape index (κ3) is 3.23. The van der Waals surface area contributed by atoms with Gasteiger partial charge in [-0.05, 0) is 24.0 Å². The molecule has 106 valence electrons. The van der Waals surface area contributed by atoms with Crippen LogP contribution < -0.4 is 0 Å². The molecule has 1 saturated heterocycles. The molecule has 2 heterocycles. The van der Waals surface area contributed by atoms with E-state index in [1.54, 1.807) is 0 Å². The van der Waals surface area contributed by atoms with Crippen molar-refractivity contribution in [1.29, 1.82) is 0 Å². The Morgan fingerprint density at radius 1 is 1.15 bits per heavy atom. The minimum absolute atomic E-state index is 0.272. The summed E-state index contributed by atoms with van der Waals surface area (Å²) in [4.78, 5) is 4.17. The summed E-state index contributed by atoms with van der Waals surface area (Å²) in [5.41, 5.74) is 2.87. The van der Waals surface area contributed by atoms with Crippen LogP contribution in [0.2, 0.25) is 0 Å². The highest BCUT2D eigenvalue weighted by Gasteiger charge is 2.36. The first-order chi connectivity index (χ1) is 9.80. The molecule has 0 bridgehead atoms. The molecule has 4 heteroatoms. The van der Waals surface area contributed by atoms with Crippen LogP contribution in [0.15, 0.2) is 43.0 Å². The smallest absolute Gasteiger partial charge is 0.0946 e. The Labute approximate surface area is 129 Å². The zero-order chi connectivity index (χ0) is 13.8. The number of thioether (sulfide) groups is 2. The molecule has 0 atom stereocenters. The third-order valence-electron chi connectivity index (χ3n) is 3.70. The Balaban J connectivity index is 1.76. The molecule has 1 fully saturated rings. The van der Waals surface area contributed by atoms with Gasteiger partial charge in [-0.3, -0.25) is 0 Å². The van der Waals surface area contributed by atoms with Gasteiger partial charge in [-0.25, -0.2) is 4.98 Å². The number of hydrogen-bond donors (Lipinski definition) is 0. The molecule has 0 unspecified atom stereocenters. The molecule has 2 aromatic rings. The van der Waals surface area contributed by atoms with Gasteiger partial charge in [0.1, 0.15) is 0 Å². The first-order valence-electron chi connectivity index (χ1n) is 7.11. The Hall–Kier alpha value is -0.870. The van der Waals surface area contributed by atoms with E-state index in [0.717, 1.165) is 19.4 Å². The monoisotopic (exact) mass is 304 g/mol. The number of aromatic nitrogens is 2. The molecular formula is C16H20N2S2. The Morgan fingerprint density at radius 3 is 2.45 bits per heavy atom. The van der Waals surface area contributed by atoms with Crippen LogP contribution in [0, 0.1) is 0 Å². The Morgan fingerprint density at radius 2 is 1.85 bits per heavy atom. The van der Waals surface area contributed by atoms with Crippen molar-refractivity contribution in [3.8, 4) is 0 Å². The lowest BCUT2D eigenvalue weighted by molar-refractivity contribution is 0.625. The quantitative estimate of drug-likeness (QED) is 0.835. The van der Waals surface area contributed by atoms with Gasteiger partial charge in [0.25, 0.3) is 0 Å². The van der Waals surface area contributed by atoms with Crippen molar-refractivity contribution in [1.82, 2.24) is 9.55 Å². The number of rotatable bonds is 5. The molecule has 1 aromatic carbocycles. The largest absolute Gasteiger partial charge is 0.335 e. The second-order valence-corrected chi connectivity index (χ2v) is 8.40. The van der Waals surface area contributed by atoms with Crippen LogP contribution in [-0.2, 0) is 19.4 Å². The molecular weight excluding hydrogens is 284 g/mol. The average Bonchev–Trinajstić information content (AvgIpc) is 3.13. The fraction of sp³-hybridized carbons (Fsp3) is 0.438. The molecule has 20 heavy (non-hydrogen) atoms. The van der Waals surface area contributed by atoms with Gasteiger partial charge in [-0.1, -0.05) is 31.2 Å². The van der Waals surface area contributed by atoms with E-state index in [9.17, 15) is 0 Å². The third-order valence-corrected chi connectivity index (χ3v) is 7.08. The lowest BCUT2D eigenvalue weighted by Gasteiger charge is -2.28. The number of imidazole rings is 1. The fourth-order valence-electron chi connectivity index (χ4n) is 2.61. The molecule has 0 saturated carbocycles. The molecule has 1 aromatic heterocycles. The molecule has 0 spiro atoms. The molecule has 0 N–H and O–H groups in total. The normalized spacial score (nSPS) is 17.4. The second-order valence-electron chi connectivity index (χ2n) is 5.19. The van der Waals surface area contributed by atoms with E-state index in [1.165, 1.54) is 22.6 Å².